The second-order valence-corrected chi connectivity index (χ2v) is 5.12. The summed E-state index contributed by atoms with van der Waals surface area (Å²) < 4.78 is 0. The summed E-state index contributed by atoms with van der Waals surface area (Å²) in [7, 11) is 0. The van der Waals surface area contributed by atoms with Crippen LogP contribution in [0, 0.1) is 5.41 Å². The Kier molecular flexibility index (Phi) is 2.75. The van der Waals surface area contributed by atoms with Crippen LogP contribution in [-0.2, 0) is 11.2 Å². The van der Waals surface area contributed by atoms with Crippen molar-refractivity contribution in [1.29, 1.82) is 0 Å². The van der Waals surface area contributed by atoms with Crippen LogP contribution in [-0.4, -0.2) is 11.1 Å². The molecule has 0 heterocycles. The molecule has 2 nitrogen and oxygen atoms in total. The average molecular weight is 218 g/mol. The van der Waals surface area contributed by atoms with Crippen molar-refractivity contribution in [3.8, 4) is 0 Å². The van der Waals surface area contributed by atoms with E-state index >= 15 is 0 Å². The van der Waals surface area contributed by atoms with Gasteiger partial charge in [0.2, 0.25) is 0 Å². The third-order valence-corrected chi connectivity index (χ3v) is 3.51. The highest BCUT2D eigenvalue weighted by molar-refractivity contribution is 5.78. The lowest BCUT2D eigenvalue weighted by Crippen LogP contribution is -2.18. The van der Waals surface area contributed by atoms with E-state index in [1.54, 1.807) is 0 Å². The molecule has 1 aliphatic carbocycles. The molecule has 2 rings (SSSR count). The van der Waals surface area contributed by atoms with Crippen molar-refractivity contribution in [3.63, 3.8) is 0 Å². The van der Waals surface area contributed by atoms with Crippen LogP contribution in [0.4, 0.5) is 0 Å². The molecular formula is C14H18O2. The van der Waals surface area contributed by atoms with Gasteiger partial charge in [-0.25, -0.2) is 0 Å². The average Bonchev–Trinajstić information content (AvgIpc) is 2.99. The van der Waals surface area contributed by atoms with Crippen molar-refractivity contribution < 1.29 is 9.90 Å². The molecule has 1 N–H and O–H groups in total. The molecule has 1 saturated carbocycles. The summed E-state index contributed by atoms with van der Waals surface area (Å²) in [6.07, 6.45) is 2.35. The van der Waals surface area contributed by atoms with E-state index in [1.807, 2.05) is 12.1 Å². The molecular weight excluding hydrogens is 200 g/mol. The molecule has 86 valence electrons. The standard InChI is InChI=1S/C14H18O2/c1-10(2)12-6-4-3-5-11(12)9-14(7-8-14)13(15)16/h3-6,10H,7-9H2,1-2H3,(H,15,16). The van der Waals surface area contributed by atoms with Gasteiger partial charge in [-0.3, -0.25) is 4.79 Å². The van der Waals surface area contributed by atoms with E-state index in [4.69, 9.17) is 0 Å². The topological polar surface area (TPSA) is 37.3 Å². The summed E-state index contributed by atoms with van der Waals surface area (Å²) in [4.78, 5) is 11.2. The van der Waals surface area contributed by atoms with Gasteiger partial charge in [0.15, 0.2) is 0 Å². The zero-order valence-electron chi connectivity index (χ0n) is 9.86. The van der Waals surface area contributed by atoms with Crippen LogP contribution in [0.15, 0.2) is 24.3 Å². The molecule has 2 heteroatoms. The normalized spacial score (nSPS) is 17.4. The Balaban J connectivity index is 2.25. The van der Waals surface area contributed by atoms with Crippen LogP contribution in [0.25, 0.3) is 0 Å². The lowest BCUT2D eigenvalue weighted by molar-refractivity contribution is -0.143. The van der Waals surface area contributed by atoms with E-state index in [2.05, 4.69) is 26.0 Å². The van der Waals surface area contributed by atoms with Crippen molar-refractivity contribution in [2.24, 2.45) is 5.41 Å². The molecule has 0 bridgehead atoms. The number of hydrogen-bond donors (Lipinski definition) is 1. The lowest BCUT2D eigenvalue weighted by atomic mass is 9.89. The number of hydrogen-bond acceptors (Lipinski definition) is 1. The summed E-state index contributed by atoms with van der Waals surface area (Å²) in [5.74, 6) is -0.174. The fourth-order valence-electron chi connectivity index (χ4n) is 2.24. The van der Waals surface area contributed by atoms with Crippen molar-refractivity contribution in [2.75, 3.05) is 0 Å². The minimum atomic E-state index is -0.633. The maximum Gasteiger partial charge on any atom is 0.309 e. The van der Waals surface area contributed by atoms with Crippen LogP contribution in [0.1, 0.15) is 43.7 Å². The van der Waals surface area contributed by atoms with Gasteiger partial charge in [-0.2, -0.15) is 0 Å². The Hall–Kier alpha value is -1.31. The number of benzene rings is 1. The van der Waals surface area contributed by atoms with Gasteiger partial charge in [0, 0.05) is 0 Å². The molecule has 0 aliphatic heterocycles. The van der Waals surface area contributed by atoms with E-state index in [0.717, 1.165) is 12.8 Å². The quantitative estimate of drug-likeness (QED) is 0.842. The molecule has 0 amide bonds. The van der Waals surface area contributed by atoms with Gasteiger partial charge < -0.3 is 5.11 Å². The van der Waals surface area contributed by atoms with Crippen LogP contribution in [0.2, 0.25) is 0 Å². The summed E-state index contributed by atoms with van der Waals surface area (Å²) in [6, 6.07) is 8.20. The number of carbonyl (C=O) groups is 1. The largest absolute Gasteiger partial charge is 0.481 e. The fraction of sp³-hybridized carbons (Fsp3) is 0.500. The molecule has 16 heavy (non-hydrogen) atoms. The maximum absolute atomic E-state index is 11.2. The molecule has 1 aromatic rings. The predicted molar refractivity (Wildman–Crippen MR) is 63.5 cm³/mol. The second-order valence-electron chi connectivity index (χ2n) is 5.12. The first kappa shape index (κ1) is 11.2. The molecule has 0 saturated heterocycles. The zero-order valence-corrected chi connectivity index (χ0v) is 9.86. The maximum atomic E-state index is 11.2. The molecule has 0 atom stereocenters. The Morgan fingerprint density at radius 2 is 2.00 bits per heavy atom. The minimum Gasteiger partial charge on any atom is -0.481 e. The highest BCUT2D eigenvalue weighted by Gasteiger charge is 2.50. The van der Waals surface area contributed by atoms with Crippen LogP contribution >= 0.6 is 0 Å². The second kappa shape index (κ2) is 3.93. The summed E-state index contributed by atoms with van der Waals surface area (Å²) in [6.45, 7) is 4.30. The first-order valence-corrected chi connectivity index (χ1v) is 5.86. The van der Waals surface area contributed by atoms with Crippen molar-refractivity contribution >= 4 is 5.97 Å². The Morgan fingerprint density at radius 1 is 1.38 bits per heavy atom. The third-order valence-electron chi connectivity index (χ3n) is 3.51. The van der Waals surface area contributed by atoms with Crippen molar-refractivity contribution in [1.82, 2.24) is 0 Å². The van der Waals surface area contributed by atoms with E-state index in [9.17, 15) is 9.90 Å². The molecule has 0 spiro atoms. The van der Waals surface area contributed by atoms with Crippen LogP contribution in [0.5, 0.6) is 0 Å². The van der Waals surface area contributed by atoms with Gasteiger partial charge in [-0.05, 0) is 36.3 Å². The van der Waals surface area contributed by atoms with Gasteiger partial charge in [0.05, 0.1) is 5.41 Å². The summed E-state index contributed by atoms with van der Waals surface area (Å²) in [5.41, 5.74) is 2.04. The SMILES string of the molecule is CC(C)c1ccccc1CC1(C(=O)O)CC1. The summed E-state index contributed by atoms with van der Waals surface area (Å²) in [5, 5.41) is 9.19. The van der Waals surface area contributed by atoms with Gasteiger partial charge in [0.1, 0.15) is 0 Å². The van der Waals surface area contributed by atoms with E-state index in [1.165, 1.54) is 11.1 Å². The van der Waals surface area contributed by atoms with Gasteiger partial charge in [-0.15, -0.1) is 0 Å². The van der Waals surface area contributed by atoms with E-state index in [0.29, 0.717) is 12.3 Å². The third kappa shape index (κ3) is 1.97. The van der Waals surface area contributed by atoms with Crippen LogP contribution in [0.3, 0.4) is 0 Å². The van der Waals surface area contributed by atoms with Crippen molar-refractivity contribution in [3.05, 3.63) is 35.4 Å². The van der Waals surface area contributed by atoms with Gasteiger partial charge in [-0.1, -0.05) is 38.1 Å². The molecule has 0 aromatic heterocycles. The first-order valence-electron chi connectivity index (χ1n) is 5.86. The molecule has 1 aliphatic rings. The number of rotatable bonds is 4. The van der Waals surface area contributed by atoms with E-state index in [-0.39, 0.29) is 0 Å². The van der Waals surface area contributed by atoms with Crippen molar-refractivity contribution in [2.45, 2.75) is 39.0 Å². The lowest BCUT2D eigenvalue weighted by Gasteiger charge is -2.16. The Labute approximate surface area is 96.3 Å². The zero-order chi connectivity index (χ0) is 11.8. The van der Waals surface area contributed by atoms with Gasteiger partial charge in [0.25, 0.3) is 0 Å². The number of carboxylic acids is 1. The van der Waals surface area contributed by atoms with Gasteiger partial charge >= 0.3 is 5.97 Å². The predicted octanol–water partition coefficient (Wildman–Crippen LogP) is 3.22. The number of aliphatic carboxylic acids is 1. The number of carboxylic acid groups (broad SMARTS) is 1. The molecule has 1 fully saturated rings. The van der Waals surface area contributed by atoms with E-state index < -0.39 is 11.4 Å². The molecule has 0 unspecified atom stereocenters. The first-order chi connectivity index (χ1) is 7.55. The Morgan fingerprint density at radius 3 is 2.50 bits per heavy atom. The molecule has 0 radical (unpaired) electrons. The monoisotopic (exact) mass is 218 g/mol. The smallest absolute Gasteiger partial charge is 0.309 e. The summed E-state index contributed by atoms with van der Waals surface area (Å²) >= 11 is 0. The highest BCUT2D eigenvalue weighted by atomic mass is 16.4. The minimum absolute atomic E-state index is 0.453. The fourth-order valence-corrected chi connectivity index (χ4v) is 2.24. The highest BCUT2D eigenvalue weighted by Crippen LogP contribution is 2.49. The van der Waals surface area contributed by atoms with Crippen LogP contribution < -0.4 is 0 Å². The Bertz CT molecular complexity index is 403. The molecule has 1 aromatic carbocycles.